The Kier molecular flexibility index (Phi) is 5.06. The number of hydrogen-bond donors (Lipinski definition) is 0. The topological polar surface area (TPSA) is 79.1 Å². The Morgan fingerprint density at radius 1 is 1.15 bits per heavy atom. The quantitative estimate of drug-likeness (QED) is 0.684. The average molecular weight is 462 g/mol. The number of rotatable bonds is 2. The smallest absolute Gasteiger partial charge is 0.416 e. The summed E-state index contributed by atoms with van der Waals surface area (Å²) in [5.74, 6) is 0. The van der Waals surface area contributed by atoms with Gasteiger partial charge in [-0.15, -0.1) is 0 Å². The maximum atomic E-state index is 12.9. The van der Waals surface area contributed by atoms with Crippen LogP contribution in [0.25, 0.3) is 12.3 Å². The van der Waals surface area contributed by atoms with Gasteiger partial charge in [0, 0.05) is 45.2 Å². The molecule has 4 heterocycles. The number of ether oxygens (including phenoxy) is 1. The van der Waals surface area contributed by atoms with E-state index in [9.17, 15) is 22.8 Å². The lowest BCUT2D eigenvalue weighted by atomic mass is 9.91. The second kappa shape index (κ2) is 7.82. The minimum absolute atomic E-state index is 0.140. The van der Waals surface area contributed by atoms with Gasteiger partial charge in [0.25, 0.3) is 0 Å². The van der Waals surface area contributed by atoms with Crippen molar-refractivity contribution >= 4 is 24.4 Å². The van der Waals surface area contributed by atoms with Crippen molar-refractivity contribution in [3.05, 3.63) is 52.2 Å². The molecule has 0 aliphatic carbocycles. The van der Waals surface area contributed by atoms with Gasteiger partial charge in [-0.3, -0.25) is 9.80 Å². The molecule has 11 heteroatoms. The molecule has 174 valence electrons. The maximum Gasteiger partial charge on any atom is 0.416 e. The molecule has 0 radical (unpaired) electrons. The van der Waals surface area contributed by atoms with E-state index in [1.54, 1.807) is 28.3 Å². The van der Waals surface area contributed by atoms with Crippen molar-refractivity contribution in [2.24, 2.45) is 0 Å². The van der Waals surface area contributed by atoms with Gasteiger partial charge in [-0.25, -0.2) is 9.59 Å². The number of aromatic nitrogens is 1. The molecule has 2 saturated heterocycles. The molecule has 1 aromatic carbocycles. The number of nitrogens with zero attached hydrogens (tertiary/aromatic N) is 4. The van der Waals surface area contributed by atoms with E-state index in [-0.39, 0.29) is 12.6 Å². The molecule has 33 heavy (non-hydrogen) atoms. The first kappa shape index (κ1) is 21.4. The van der Waals surface area contributed by atoms with Crippen molar-refractivity contribution in [2.75, 3.05) is 26.2 Å². The van der Waals surface area contributed by atoms with E-state index in [1.807, 2.05) is 0 Å². The normalized spacial score (nSPS) is 19.7. The Morgan fingerprint density at radius 2 is 1.88 bits per heavy atom. The average Bonchev–Trinajstić information content (AvgIpc) is 3.37. The van der Waals surface area contributed by atoms with Crippen LogP contribution < -0.4 is 10.6 Å². The number of fused-ring (bicyclic) bond motifs is 1. The van der Waals surface area contributed by atoms with Crippen molar-refractivity contribution in [2.45, 2.75) is 31.2 Å². The van der Waals surface area contributed by atoms with E-state index in [2.05, 4.69) is 5.16 Å². The number of halogens is 3. The highest BCUT2D eigenvalue weighted by Gasteiger charge is 2.47. The summed E-state index contributed by atoms with van der Waals surface area (Å²) in [6.45, 7) is 1.75. The molecule has 0 saturated carbocycles. The van der Waals surface area contributed by atoms with E-state index in [4.69, 9.17) is 9.26 Å². The lowest BCUT2D eigenvalue weighted by Gasteiger charge is -2.38. The van der Waals surface area contributed by atoms with Crippen LogP contribution in [0.15, 0.2) is 35.0 Å². The molecule has 1 spiro atoms. The van der Waals surface area contributed by atoms with E-state index >= 15 is 0 Å². The third-order valence-electron chi connectivity index (χ3n) is 6.28. The third-order valence-corrected chi connectivity index (χ3v) is 6.28. The van der Waals surface area contributed by atoms with Crippen LogP contribution in [-0.2, 0) is 17.5 Å². The molecule has 2 aromatic rings. The lowest BCUT2D eigenvalue weighted by Crippen LogP contribution is -2.52. The number of piperidine rings is 1. The number of benzene rings is 1. The van der Waals surface area contributed by atoms with E-state index < -0.39 is 23.4 Å². The number of carbonyl (C=O) groups excluding carboxylic acids is 2. The maximum absolute atomic E-state index is 12.9. The van der Waals surface area contributed by atoms with Crippen molar-refractivity contribution in [1.29, 1.82) is 0 Å². The molecule has 0 bridgehead atoms. The minimum atomic E-state index is -4.40. The second-order valence-electron chi connectivity index (χ2n) is 8.50. The molecule has 3 aliphatic heterocycles. The van der Waals surface area contributed by atoms with Gasteiger partial charge >= 0.3 is 18.3 Å². The summed E-state index contributed by atoms with van der Waals surface area (Å²) in [5, 5.41) is 4.47. The Balaban J connectivity index is 1.19. The van der Waals surface area contributed by atoms with Crippen LogP contribution in [0, 0.1) is 0 Å². The van der Waals surface area contributed by atoms with Crippen molar-refractivity contribution in [1.82, 2.24) is 19.9 Å². The van der Waals surface area contributed by atoms with Crippen LogP contribution in [-0.4, -0.2) is 63.8 Å². The standard InChI is InChI=1S/C22H21F3N4O4/c23-22(24,25)17-3-1-15(2-4-17)12-29-14-21(32-20(29)31)6-9-27(10-7-21)19(30)28-8-5-18-16(13-28)11-26-33-18/h1-5,11,13H,6-10,12,14H2. The highest BCUT2D eigenvalue weighted by molar-refractivity contribution is 5.80. The lowest BCUT2D eigenvalue weighted by molar-refractivity contribution is -0.137. The third kappa shape index (κ3) is 4.14. The number of alkyl halides is 3. The predicted molar refractivity (Wildman–Crippen MR) is 109 cm³/mol. The largest absolute Gasteiger partial charge is 0.441 e. The highest BCUT2D eigenvalue weighted by Crippen LogP contribution is 2.35. The molecule has 8 nitrogen and oxygen atoms in total. The molecular formula is C22H21F3N4O4. The van der Waals surface area contributed by atoms with Gasteiger partial charge in [0.1, 0.15) is 5.60 Å². The number of amides is 3. The molecule has 0 atom stereocenters. The first-order chi connectivity index (χ1) is 15.7. The van der Waals surface area contributed by atoms with Gasteiger partial charge in [0.2, 0.25) is 0 Å². The van der Waals surface area contributed by atoms with Crippen LogP contribution in [0.5, 0.6) is 0 Å². The summed E-state index contributed by atoms with van der Waals surface area (Å²) in [5.41, 5.74) is -0.191. The monoisotopic (exact) mass is 462 g/mol. The number of hydrogen-bond acceptors (Lipinski definition) is 5. The summed E-state index contributed by atoms with van der Waals surface area (Å²) < 4.78 is 49.0. The van der Waals surface area contributed by atoms with Crippen LogP contribution in [0.3, 0.4) is 0 Å². The van der Waals surface area contributed by atoms with Gasteiger partial charge in [0.05, 0.1) is 23.5 Å². The Hall–Kier alpha value is -3.50. The minimum Gasteiger partial charge on any atom is -0.441 e. The first-order valence-electron chi connectivity index (χ1n) is 10.5. The van der Waals surface area contributed by atoms with E-state index in [1.165, 1.54) is 17.0 Å². The van der Waals surface area contributed by atoms with Crippen LogP contribution in [0.1, 0.15) is 24.0 Å². The molecule has 1 aromatic heterocycles. The van der Waals surface area contributed by atoms with Crippen molar-refractivity contribution in [3.63, 3.8) is 0 Å². The summed E-state index contributed by atoms with van der Waals surface area (Å²) in [4.78, 5) is 30.2. The van der Waals surface area contributed by atoms with E-state index in [0.29, 0.717) is 50.0 Å². The molecule has 5 rings (SSSR count). The zero-order chi connectivity index (χ0) is 23.2. The fourth-order valence-corrected chi connectivity index (χ4v) is 4.43. The molecule has 0 unspecified atom stereocenters. The van der Waals surface area contributed by atoms with Crippen LogP contribution in [0.4, 0.5) is 22.8 Å². The van der Waals surface area contributed by atoms with Gasteiger partial charge in [-0.1, -0.05) is 17.3 Å². The summed E-state index contributed by atoms with van der Waals surface area (Å²) >= 11 is 0. The zero-order valence-corrected chi connectivity index (χ0v) is 17.5. The zero-order valence-electron chi connectivity index (χ0n) is 17.5. The fourth-order valence-electron chi connectivity index (χ4n) is 4.43. The van der Waals surface area contributed by atoms with Crippen molar-refractivity contribution < 1.29 is 32.0 Å². The molecule has 3 amide bonds. The molecule has 3 aliphatic rings. The predicted octanol–water partition coefficient (Wildman–Crippen LogP) is 2.13. The number of likely N-dealkylation sites (tertiary alicyclic amines) is 1. The Morgan fingerprint density at radius 3 is 2.58 bits per heavy atom. The highest BCUT2D eigenvalue weighted by atomic mass is 19.4. The summed E-state index contributed by atoms with van der Waals surface area (Å²) in [6, 6.07) is 4.62. The van der Waals surface area contributed by atoms with Gasteiger partial charge in [0.15, 0.2) is 5.42 Å². The number of carbonyl (C=O) groups is 2. The first-order valence-corrected chi connectivity index (χ1v) is 10.5. The Bertz CT molecular complexity index is 1180. The summed E-state index contributed by atoms with van der Waals surface area (Å²) in [6.07, 6.45) is 1.15. The van der Waals surface area contributed by atoms with Gasteiger partial charge < -0.3 is 14.2 Å². The molecule has 2 fully saturated rings. The SMILES string of the molecule is O=C1OC2(CCN(C(=O)N3C=c4cnoc4=CC3)CC2)CN1Cc1ccc(C(F)(F)F)cc1. The Labute approximate surface area is 186 Å². The molecular weight excluding hydrogens is 441 g/mol. The second-order valence-corrected chi connectivity index (χ2v) is 8.50. The van der Waals surface area contributed by atoms with Crippen molar-refractivity contribution in [3.8, 4) is 0 Å². The number of urea groups is 1. The molecule has 0 N–H and O–H groups in total. The van der Waals surface area contributed by atoms with Crippen LogP contribution in [0.2, 0.25) is 0 Å². The van der Waals surface area contributed by atoms with E-state index in [0.717, 1.165) is 17.4 Å². The van der Waals surface area contributed by atoms with Gasteiger partial charge in [-0.05, 0) is 23.8 Å². The van der Waals surface area contributed by atoms with Crippen LogP contribution >= 0.6 is 0 Å². The summed E-state index contributed by atoms with van der Waals surface area (Å²) in [7, 11) is 0. The fraction of sp³-hybridized carbons (Fsp3) is 0.409. The van der Waals surface area contributed by atoms with Gasteiger partial charge in [-0.2, -0.15) is 13.2 Å².